The number of anilines is 1. The minimum atomic E-state index is 0. The lowest BCUT2D eigenvalue weighted by molar-refractivity contribution is 0.454. The Labute approximate surface area is 168 Å². The highest BCUT2D eigenvalue weighted by Crippen LogP contribution is 2.42. The van der Waals surface area contributed by atoms with Gasteiger partial charge in [-0.2, -0.15) is 0 Å². The molecule has 0 amide bonds. The summed E-state index contributed by atoms with van der Waals surface area (Å²) in [6, 6.07) is 14.2. The maximum Gasteiger partial charge on any atom is 0.194 e. The summed E-state index contributed by atoms with van der Waals surface area (Å²) in [5, 5.41) is 3.05. The number of hydrogen-bond donors (Lipinski definition) is 2. The standard InChI is InChI=1S/C18H21BrN4.HI/c19-15-7-5-6-14(12-15)18(9-2-3-10-18)13-22-17(20)23-16-8-1-4-11-21-16;/h1,4-8,11-12H,2-3,9-10,13H2,(H3,20,21,22,23);1H. The highest BCUT2D eigenvalue weighted by atomic mass is 127. The molecule has 3 rings (SSSR count). The third-order valence-electron chi connectivity index (χ3n) is 4.47. The summed E-state index contributed by atoms with van der Waals surface area (Å²) < 4.78 is 1.12. The summed E-state index contributed by atoms with van der Waals surface area (Å²) in [4.78, 5) is 8.82. The molecule has 1 fully saturated rings. The predicted octanol–water partition coefficient (Wildman–Crippen LogP) is 4.70. The zero-order valence-electron chi connectivity index (χ0n) is 13.4. The van der Waals surface area contributed by atoms with Gasteiger partial charge < -0.3 is 11.1 Å². The third-order valence-corrected chi connectivity index (χ3v) is 4.96. The Kier molecular flexibility index (Phi) is 7.03. The summed E-state index contributed by atoms with van der Waals surface area (Å²) in [7, 11) is 0. The van der Waals surface area contributed by atoms with Gasteiger partial charge in [-0.25, -0.2) is 4.98 Å². The van der Waals surface area contributed by atoms with E-state index in [2.05, 4.69) is 55.5 Å². The van der Waals surface area contributed by atoms with Gasteiger partial charge in [0.25, 0.3) is 0 Å². The maximum absolute atomic E-state index is 6.04. The van der Waals surface area contributed by atoms with E-state index in [0.29, 0.717) is 12.5 Å². The number of guanidine groups is 1. The van der Waals surface area contributed by atoms with Gasteiger partial charge in [0.05, 0.1) is 6.54 Å². The molecule has 0 radical (unpaired) electrons. The Balaban J connectivity index is 0.00000208. The van der Waals surface area contributed by atoms with Crippen LogP contribution in [0.2, 0.25) is 0 Å². The normalized spacial score (nSPS) is 16.5. The molecule has 1 aromatic heterocycles. The molecule has 24 heavy (non-hydrogen) atoms. The van der Waals surface area contributed by atoms with E-state index < -0.39 is 0 Å². The van der Waals surface area contributed by atoms with Gasteiger partial charge in [0, 0.05) is 16.1 Å². The Morgan fingerprint density at radius 2 is 2.00 bits per heavy atom. The molecule has 3 N–H and O–H groups in total. The highest BCUT2D eigenvalue weighted by Gasteiger charge is 2.35. The van der Waals surface area contributed by atoms with E-state index in [0.717, 1.165) is 23.1 Å². The zero-order valence-corrected chi connectivity index (χ0v) is 17.3. The highest BCUT2D eigenvalue weighted by molar-refractivity contribution is 14.0. The second-order valence-corrected chi connectivity index (χ2v) is 6.95. The Hall–Kier alpha value is -1.15. The van der Waals surface area contributed by atoms with Crippen LogP contribution in [0.4, 0.5) is 5.82 Å². The quantitative estimate of drug-likeness (QED) is 0.363. The number of pyridine rings is 1. The third kappa shape index (κ3) is 4.69. The summed E-state index contributed by atoms with van der Waals surface area (Å²) in [6.45, 7) is 0.703. The van der Waals surface area contributed by atoms with E-state index in [9.17, 15) is 0 Å². The van der Waals surface area contributed by atoms with Gasteiger partial charge in [-0.3, -0.25) is 4.99 Å². The number of aliphatic imine (C=N–C) groups is 1. The number of nitrogens with one attached hydrogen (secondary N) is 1. The van der Waals surface area contributed by atoms with Crippen molar-refractivity contribution in [1.29, 1.82) is 0 Å². The molecule has 1 aliphatic carbocycles. The molecular weight excluding hydrogens is 479 g/mol. The van der Waals surface area contributed by atoms with E-state index in [4.69, 9.17) is 5.73 Å². The van der Waals surface area contributed by atoms with Crippen molar-refractivity contribution in [2.75, 3.05) is 11.9 Å². The SMILES string of the molecule is I.NC(=NCC1(c2cccc(Br)c2)CCCC1)Nc1ccccn1. The fourth-order valence-electron chi connectivity index (χ4n) is 3.25. The van der Waals surface area contributed by atoms with Crippen molar-refractivity contribution in [2.24, 2.45) is 10.7 Å². The van der Waals surface area contributed by atoms with Crippen LogP contribution in [0.15, 0.2) is 58.1 Å². The molecule has 4 nitrogen and oxygen atoms in total. The van der Waals surface area contributed by atoms with Gasteiger partial charge in [0.15, 0.2) is 5.96 Å². The molecule has 0 atom stereocenters. The zero-order chi connectivity index (χ0) is 16.1. The summed E-state index contributed by atoms with van der Waals surface area (Å²) in [5.41, 5.74) is 7.48. The van der Waals surface area contributed by atoms with Crippen molar-refractivity contribution in [1.82, 2.24) is 4.98 Å². The number of nitrogens with two attached hydrogens (primary N) is 1. The van der Waals surface area contributed by atoms with E-state index >= 15 is 0 Å². The molecule has 1 aromatic carbocycles. The Morgan fingerprint density at radius 1 is 1.21 bits per heavy atom. The number of halogens is 2. The lowest BCUT2D eigenvalue weighted by Crippen LogP contribution is -2.30. The first-order valence-corrected chi connectivity index (χ1v) is 8.71. The molecule has 0 bridgehead atoms. The molecule has 0 spiro atoms. The summed E-state index contributed by atoms with van der Waals surface area (Å²) in [6.07, 6.45) is 6.54. The molecule has 6 heteroatoms. The Morgan fingerprint density at radius 3 is 2.67 bits per heavy atom. The van der Waals surface area contributed by atoms with Crippen molar-refractivity contribution >= 4 is 51.7 Å². The average Bonchev–Trinajstić information content (AvgIpc) is 3.04. The molecule has 1 saturated carbocycles. The minimum absolute atomic E-state index is 0. The van der Waals surface area contributed by atoms with Crippen LogP contribution in [0.5, 0.6) is 0 Å². The van der Waals surface area contributed by atoms with Gasteiger partial charge in [-0.1, -0.05) is 47.0 Å². The number of hydrogen-bond acceptors (Lipinski definition) is 2. The molecular formula is C18H22BrIN4. The van der Waals surface area contributed by atoms with E-state index in [1.54, 1.807) is 6.20 Å². The van der Waals surface area contributed by atoms with Gasteiger partial charge in [-0.15, -0.1) is 24.0 Å². The number of nitrogens with zero attached hydrogens (tertiary/aromatic N) is 2. The van der Waals surface area contributed by atoms with Crippen LogP contribution in [0.25, 0.3) is 0 Å². The molecule has 128 valence electrons. The monoisotopic (exact) mass is 500 g/mol. The maximum atomic E-state index is 6.04. The number of rotatable bonds is 4. The van der Waals surface area contributed by atoms with Gasteiger partial charge in [-0.05, 0) is 42.7 Å². The van der Waals surface area contributed by atoms with Crippen LogP contribution >= 0.6 is 39.9 Å². The van der Waals surface area contributed by atoms with Crippen molar-refractivity contribution in [3.05, 3.63) is 58.7 Å². The fraction of sp³-hybridized carbons (Fsp3) is 0.333. The number of benzene rings is 1. The van der Waals surface area contributed by atoms with Crippen molar-refractivity contribution in [3.8, 4) is 0 Å². The van der Waals surface area contributed by atoms with Crippen LogP contribution in [-0.4, -0.2) is 17.5 Å². The topological polar surface area (TPSA) is 63.3 Å². The first-order chi connectivity index (χ1) is 11.2. The van der Waals surface area contributed by atoms with Crippen molar-refractivity contribution < 1.29 is 0 Å². The van der Waals surface area contributed by atoms with Crippen LogP contribution in [-0.2, 0) is 5.41 Å². The lowest BCUT2D eigenvalue weighted by atomic mass is 9.79. The Bertz CT molecular complexity index is 684. The van der Waals surface area contributed by atoms with Gasteiger partial charge in [0.2, 0.25) is 0 Å². The number of aromatic nitrogens is 1. The molecule has 0 unspecified atom stereocenters. The van der Waals surface area contributed by atoms with E-state index in [1.165, 1.54) is 18.4 Å². The molecule has 0 saturated heterocycles. The molecule has 0 aliphatic heterocycles. The first-order valence-electron chi connectivity index (χ1n) is 7.92. The first kappa shape index (κ1) is 19.2. The van der Waals surface area contributed by atoms with E-state index in [-0.39, 0.29) is 29.4 Å². The average molecular weight is 501 g/mol. The van der Waals surface area contributed by atoms with Crippen LogP contribution in [0, 0.1) is 0 Å². The van der Waals surface area contributed by atoms with Crippen LogP contribution in [0.3, 0.4) is 0 Å². The second-order valence-electron chi connectivity index (χ2n) is 6.04. The van der Waals surface area contributed by atoms with Gasteiger partial charge in [0.1, 0.15) is 5.82 Å². The summed E-state index contributed by atoms with van der Waals surface area (Å²) in [5.74, 6) is 1.14. The van der Waals surface area contributed by atoms with Crippen LogP contribution in [0.1, 0.15) is 31.2 Å². The predicted molar refractivity (Wildman–Crippen MR) is 114 cm³/mol. The van der Waals surface area contributed by atoms with Crippen molar-refractivity contribution in [3.63, 3.8) is 0 Å². The smallest absolute Gasteiger partial charge is 0.194 e. The molecule has 1 aliphatic rings. The largest absolute Gasteiger partial charge is 0.370 e. The van der Waals surface area contributed by atoms with Crippen LogP contribution < -0.4 is 11.1 Å². The van der Waals surface area contributed by atoms with Gasteiger partial charge >= 0.3 is 0 Å². The molecule has 1 heterocycles. The second kappa shape index (κ2) is 8.80. The van der Waals surface area contributed by atoms with Crippen molar-refractivity contribution in [2.45, 2.75) is 31.1 Å². The lowest BCUT2D eigenvalue weighted by Gasteiger charge is -2.28. The minimum Gasteiger partial charge on any atom is -0.370 e. The fourth-order valence-corrected chi connectivity index (χ4v) is 3.65. The van der Waals surface area contributed by atoms with E-state index in [1.807, 2.05) is 18.2 Å². The molecule has 2 aromatic rings. The summed E-state index contributed by atoms with van der Waals surface area (Å²) >= 11 is 3.58.